The van der Waals surface area contributed by atoms with Crippen LogP contribution in [-0.2, 0) is 6.42 Å². The quantitative estimate of drug-likeness (QED) is 0.708. The average molecular weight is 356 g/mol. The number of hydrogen-bond acceptors (Lipinski definition) is 2. The molecule has 0 aliphatic rings. The van der Waals surface area contributed by atoms with Crippen molar-refractivity contribution in [3.63, 3.8) is 0 Å². The van der Waals surface area contributed by atoms with Gasteiger partial charge in [-0.2, -0.15) is 0 Å². The average Bonchev–Trinajstić information content (AvgIpc) is 2.94. The molecule has 20 heavy (non-hydrogen) atoms. The molecule has 4 heteroatoms. The first-order valence-electron chi connectivity index (χ1n) is 6.92. The van der Waals surface area contributed by atoms with Crippen LogP contribution in [0.3, 0.4) is 0 Å². The van der Waals surface area contributed by atoms with Crippen LogP contribution in [0.25, 0.3) is 0 Å². The molecule has 108 valence electrons. The number of benzene rings is 1. The van der Waals surface area contributed by atoms with Crippen molar-refractivity contribution in [2.45, 2.75) is 32.2 Å². The highest BCUT2D eigenvalue weighted by Gasteiger charge is 2.16. The van der Waals surface area contributed by atoms with Crippen molar-refractivity contribution in [1.82, 2.24) is 5.32 Å². The maximum atomic E-state index is 14.2. The first-order valence-corrected chi connectivity index (χ1v) is 8.59. The molecular weight excluding hydrogens is 337 g/mol. The standard InChI is InChI=1S/C16H19BrFNS/c1-2-19-15(10-3-6-12-7-5-11-20-12)13-8-4-9-14(17)16(13)18/h4-5,7-9,11,15,19H,2-3,6,10H2,1H3. The molecule has 2 aromatic rings. The van der Waals surface area contributed by atoms with Gasteiger partial charge < -0.3 is 5.32 Å². The van der Waals surface area contributed by atoms with Gasteiger partial charge in [-0.3, -0.25) is 0 Å². The first kappa shape index (κ1) is 15.7. The van der Waals surface area contributed by atoms with E-state index >= 15 is 0 Å². The van der Waals surface area contributed by atoms with Crippen LogP contribution in [0, 0.1) is 5.82 Å². The minimum absolute atomic E-state index is 0.0810. The Hall–Kier alpha value is -0.710. The van der Waals surface area contributed by atoms with Gasteiger partial charge in [-0.25, -0.2) is 4.39 Å². The number of halogens is 2. The Morgan fingerprint density at radius 2 is 2.15 bits per heavy atom. The van der Waals surface area contributed by atoms with Crippen LogP contribution >= 0.6 is 27.3 Å². The van der Waals surface area contributed by atoms with Crippen molar-refractivity contribution < 1.29 is 4.39 Å². The largest absolute Gasteiger partial charge is 0.310 e. The van der Waals surface area contributed by atoms with E-state index in [2.05, 4.69) is 45.7 Å². The summed E-state index contributed by atoms with van der Waals surface area (Å²) >= 11 is 5.05. The van der Waals surface area contributed by atoms with Crippen molar-refractivity contribution in [3.8, 4) is 0 Å². The molecule has 1 atom stereocenters. The molecule has 0 fully saturated rings. The molecule has 0 aliphatic heterocycles. The molecular formula is C16H19BrFNS. The van der Waals surface area contributed by atoms with Gasteiger partial charge in [-0.15, -0.1) is 11.3 Å². The Morgan fingerprint density at radius 1 is 1.30 bits per heavy atom. The Bertz CT molecular complexity index is 527. The summed E-state index contributed by atoms with van der Waals surface area (Å²) in [5.74, 6) is -0.144. The second-order valence-corrected chi connectivity index (χ2v) is 6.61. The summed E-state index contributed by atoms with van der Waals surface area (Å²) in [5.41, 5.74) is 0.757. The minimum Gasteiger partial charge on any atom is -0.310 e. The lowest BCUT2D eigenvalue weighted by Crippen LogP contribution is -2.22. The Balaban J connectivity index is 2.01. The lowest BCUT2D eigenvalue weighted by Gasteiger charge is -2.19. The van der Waals surface area contributed by atoms with Crippen molar-refractivity contribution in [2.24, 2.45) is 0 Å². The third-order valence-electron chi connectivity index (χ3n) is 3.30. The normalized spacial score (nSPS) is 12.6. The molecule has 1 aromatic carbocycles. The van der Waals surface area contributed by atoms with E-state index in [1.54, 1.807) is 17.4 Å². The molecule has 1 heterocycles. The molecule has 1 unspecified atom stereocenters. The molecule has 1 nitrogen and oxygen atoms in total. The lowest BCUT2D eigenvalue weighted by atomic mass is 10.00. The van der Waals surface area contributed by atoms with Crippen LogP contribution in [0.1, 0.15) is 36.2 Å². The Morgan fingerprint density at radius 3 is 2.85 bits per heavy atom. The van der Waals surface area contributed by atoms with Crippen molar-refractivity contribution in [2.75, 3.05) is 6.54 Å². The third-order valence-corrected chi connectivity index (χ3v) is 4.85. The fourth-order valence-corrected chi connectivity index (χ4v) is 3.47. The zero-order valence-corrected chi connectivity index (χ0v) is 13.9. The smallest absolute Gasteiger partial charge is 0.142 e. The van der Waals surface area contributed by atoms with Crippen LogP contribution in [0.15, 0.2) is 40.2 Å². The highest BCUT2D eigenvalue weighted by Crippen LogP contribution is 2.27. The lowest BCUT2D eigenvalue weighted by molar-refractivity contribution is 0.471. The fraction of sp³-hybridized carbons (Fsp3) is 0.375. The molecule has 1 aromatic heterocycles. The van der Waals surface area contributed by atoms with Gasteiger partial charge in [0.15, 0.2) is 0 Å². The number of rotatable bonds is 7. The molecule has 0 radical (unpaired) electrons. The van der Waals surface area contributed by atoms with E-state index in [1.807, 2.05) is 12.1 Å². The maximum absolute atomic E-state index is 14.2. The summed E-state index contributed by atoms with van der Waals surface area (Å²) in [4.78, 5) is 1.40. The van der Waals surface area contributed by atoms with Crippen LogP contribution in [0.4, 0.5) is 4.39 Å². The van der Waals surface area contributed by atoms with Gasteiger partial charge in [0.25, 0.3) is 0 Å². The highest BCUT2D eigenvalue weighted by molar-refractivity contribution is 9.10. The summed E-state index contributed by atoms with van der Waals surface area (Å²) in [6.07, 6.45) is 3.07. The van der Waals surface area contributed by atoms with E-state index < -0.39 is 0 Å². The van der Waals surface area contributed by atoms with Crippen LogP contribution in [0.5, 0.6) is 0 Å². The van der Waals surface area contributed by atoms with Crippen molar-refractivity contribution >= 4 is 27.3 Å². The van der Waals surface area contributed by atoms with E-state index in [-0.39, 0.29) is 11.9 Å². The molecule has 0 spiro atoms. The number of aryl methyl sites for hydroxylation is 1. The van der Waals surface area contributed by atoms with Crippen molar-refractivity contribution in [3.05, 3.63) is 56.4 Å². The van der Waals surface area contributed by atoms with E-state index in [0.29, 0.717) is 4.47 Å². The van der Waals surface area contributed by atoms with Gasteiger partial charge in [0, 0.05) is 16.5 Å². The summed E-state index contributed by atoms with van der Waals surface area (Å²) in [6.45, 7) is 2.90. The Labute approximate surface area is 132 Å². The predicted octanol–water partition coefficient (Wildman–Crippen LogP) is 5.32. The monoisotopic (exact) mass is 355 g/mol. The summed E-state index contributed by atoms with van der Waals surface area (Å²) in [5, 5.41) is 5.49. The van der Waals surface area contributed by atoms with E-state index in [0.717, 1.165) is 31.4 Å². The second-order valence-electron chi connectivity index (χ2n) is 4.72. The van der Waals surface area contributed by atoms with Gasteiger partial charge in [0.05, 0.1) is 4.47 Å². The topological polar surface area (TPSA) is 12.0 Å². The molecule has 0 aliphatic carbocycles. The number of nitrogens with one attached hydrogen (secondary N) is 1. The van der Waals surface area contributed by atoms with E-state index in [1.165, 1.54) is 4.88 Å². The molecule has 0 saturated heterocycles. The van der Waals surface area contributed by atoms with Crippen LogP contribution < -0.4 is 5.32 Å². The predicted molar refractivity (Wildman–Crippen MR) is 87.8 cm³/mol. The minimum atomic E-state index is -0.144. The SMILES string of the molecule is CCNC(CCCc1cccs1)c1cccc(Br)c1F. The zero-order valence-electron chi connectivity index (χ0n) is 11.5. The fourth-order valence-electron chi connectivity index (χ4n) is 2.34. The maximum Gasteiger partial charge on any atom is 0.142 e. The zero-order chi connectivity index (χ0) is 14.4. The third kappa shape index (κ3) is 4.14. The highest BCUT2D eigenvalue weighted by atomic mass is 79.9. The van der Waals surface area contributed by atoms with Crippen LogP contribution in [0.2, 0.25) is 0 Å². The first-order chi connectivity index (χ1) is 9.72. The van der Waals surface area contributed by atoms with Gasteiger partial charge in [-0.05, 0) is 59.2 Å². The van der Waals surface area contributed by atoms with Crippen LogP contribution in [-0.4, -0.2) is 6.54 Å². The summed E-state index contributed by atoms with van der Waals surface area (Å²) in [6, 6.07) is 9.83. The second kappa shape index (κ2) is 7.91. The number of hydrogen-bond donors (Lipinski definition) is 1. The van der Waals surface area contributed by atoms with Gasteiger partial charge in [0.1, 0.15) is 5.82 Å². The molecule has 0 saturated carbocycles. The Kier molecular flexibility index (Phi) is 6.20. The molecule has 2 rings (SSSR count). The van der Waals surface area contributed by atoms with Gasteiger partial charge in [0.2, 0.25) is 0 Å². The van der Waals surface area contributed by atoms with Crippen molar-refractivity contribution in [1.29, 1.82) is 0 Å². The summed E-state index contributed by atoms with van der Waals surface area (Å²) in [7, 11) is 0. The molecule has 0 bridgehead atoms. The van der Waals surface area contributed by atoms with E-state index in [4.69, 9.17) is 0 Å². The molecule has 0 amide bonds. The van der Waals surface area contributed by atoms with E-state index in [9.17, 15) is 4.39 Å². The van der Waals surface area contributed by atoms with Gasteiger partial charge >= 0.3 is 0 Å². The summed E-state index contributed by atoms with van der Waals surface area (Å²) < 4.78 is 14.7. The van der Waals surface area contributed by atoms with Gasteiger partial charge in [-0.1, -0.05) is 25.1 Å². The number of thiophene rings is 1. The molecule has 1 N–H and O–H groups in total.